The van der Waals surface area contributed by atoms with Gasteiger partial charge in [-0.25, -0.2) is 0 Å². The van der Waals surface area contributed by atoms with Crippen molar-refractivity contribution in [3.8, 4) is 22.3 Å². The van der Waals surface area contributed by atoms with Crippen molar-refractivity contribution in [2.75, 3.05) is 36.0 Å². The number of rotatable bonds is 4. The summed E-state index contributed by atoms with van der Waals surface area (Å²) in [6.45, 7) is 5.02. The molecule has 3 aromatic carbocycles. The number of aromatic nitrogens is 2. The van der Waals surface area contributed by atoms with Gasteiger partial charge in [-0.05, 0) is 145 Å². The van der Waals surface area contributed by atoms with Crippen LogP contribution in [0.3, 0.4) is 0 Å². The van der Waals surface area contributed by atoms with Crippen molar-refractivity contribution in [2.24, 2.45) is 47.3 Å². The Morgan fingerprint density at radius 2 is 0.804 bits per heavy atom. The molecule has 11 rings (SSSR count). The molecule has 8 unspecified atom stereocenters. The molecule has 230 valence electrons. The van der Waals surface area contributed by atoms with Gasteiger partial charge in [-0.3, -0.25) is 9.97 Å². The largest absolute Gasteiger partial charge is 0.371 e. The predicted molar refractivity (Wildman–Crippen MR) is 188 cm³/mol. The molecule has 2 aliphatic heterocycles. The highest BCUT2D eigenvalue weighted by Gasteiger charge is 2.52. The van der Waals surface area contributed by atoms with Crippen LogP contribution in [0.4, 0.5) is 11.4 Å². The van der Waals surface area contributed by atoms with Crippen molar-refractivity contribution in [3.63, 3.8) is 0 Å². The lowest BCUT2D eigenvalue weighted by atomic mass is 9.82. The van der Waals surface area contributed by atoms with Crippen LogP contribution in [-0.2, 0) is 0 Å². The number of pyridine rings is 2. The molecule has 4 heteroatoms. The molecule has 6 fully saturated rings. The molecule has 4 heterocycles. The normalized spacial score (nSPS) is 32.3. The van der Waals surface area contributed by atoms with Crippen LogP contribution < -0.4 is 9.80 Å². The van der Waals surface area contributed by atoms with Crippen LogP contribution in [-0.4, -0.2) is 36.1 Å². The molecule has 4 saturated carbocycles. The SMILES string of the molecule is c1cc(-c2ccc(N3CC4C5CCC(C5)C4C3)cc2)c2ccc3c(-c4ccc(N5CC6C7CCC(C7)C6C5)cc4)ccnc3c2n1. The van der Waals surface area contributed by atoms with E-state index in [1.54, 1.807) is 0 Å². The number of benzene rings is 3. The first kappa shape index (κ1) is 26.2. The Balaban J connectivity index is 0.882. The third-order valence-electron chi connectivity index (χ3n) is 14.0. The molecule has 2 aromatic heterocycles. The summed E-state index contributed by atoms with van der Waals surface area (Å²) in [4.78, 5) is 15.1. The first-order valence-corrected chi connectivity index (χ1v) is 18.1. The van der Waals surface area contributed by atoms with E-state index < -0.39 is 0 Å². The molecule has 4 aliphatic carbocycles. The van der Waals surface area contributed by atoms with Crippen LogP contribution in [0.25, 0.3) is 44.1 Å². The Bertz CT molecular complexity index is 1800. The van der Waals surface area contributed by atoms with Gasteiger partial charge in [-0.2, -0.15) is 0 Å². The van der Waals surface area contributed by atoms with Crippen LogP contribution in [0.15, 0.2) is 85.2 Å². The van der Waals surface area contributed by atoms with E-state index in [0.717, 1.165) is 58.4 Å². The van der Waals surface area contributed by atoms with Gasteiger partial charge in [0.1, 0.15) is 0 Å². The van der Waals surface area contributed by atoms with Crippen LogP contribution in [0.1, 0.15) is 38.5 Å². The van der Waals surface area contributed by atoms with E-state index in [1.165, 1.54) is 109 Å². The lowest BCUT2D eigenvalue weighted by Gasteiger charge is -2.22. The Hall–Kier alpha value is -3.92. The second kappa shape index (κ2) is 9.80. The molecule has 0 radical (unpaired) electrons. The van der Waals surface area contributed by atoms with Crippen LogP contribution in [0.2, 0.25) is 0 Å². The van der Waals surface area contributed by atoms with Gasteiger partial charge in [-0.15, -0.1) is 0 Å². The number of fused-ring (bicyclic) bond motifs is 13. The van der Waals surface area contributed by atoms with E-state index in [2.05, 4.69) is 82.6 Å². The number of nitrogens with zero attached hydrogens (tertiary/aromatic N) is 4. The third kappa shape index (κ3) is 3.79. The molecule has 6 aliphatic rings. The van der Waals surface area contributed by atoms with Gasteiger partial charge in [0.25, 0.3) is 0 Å². The summed E-state index contributed by atoms with van der Waals surface area (Å²) < 4.78 is 0. The summed E-state index contributed by atoms with van der Waals surface area (Å²) >= 11 is 0. The van der Waals surface area contributed by atoms with Crippen molar-refractivity contribution in [1.82, 2.24) is 9.97 Å². The lowest BCUT2D eigenvalue weighted by Crippen LogP contribution is -2.21. The Labute approximate surface area is 271 Å². The van der Waals surface area contributed by atoms with Gasteiger partial charge < -0.3 is 9.80 Å². The summed E-state index contributed by atoms with van der Waals surface area (Å²) in [6.07, 6.45) is 12.8. The number of hydrogen-bond acceptors (Lipinski definition) is 4. The topological polar surface area (TPSA) is 32.3 Å². The van der Waals surface area contributed by atoms with E-state index >= 15 is 0 Å². The minimum atomic E-state index is 0.936. The molecule has 8 atom stereocenters. The summed E-state index contributed by atoms with van der Waals surface area (Å²) in [5, 5.41) is 2.34. The summed E-state index contributed by atoms with van der Waals surface area (Å²) in [5.41, 5.74) is 9.71. The highest BCUT2D eigenvalue weighted by atomic mass is 15.2. The maximum atomic E-state index is 4.90. The molecule has 2 saturated heterocycles. The van der Waals surface area contributed by atoms with Crippen molar-refractivity contribution in [2.45, 2.75) is 38.5 Å². The van der Waals surface area contributed by atoms with Gasteiger partial charge in [0.15, 0.2) is 0 Å². The minimum absolute atomic E-state index is 0.936. The molecule has 0 spiro atoms. The Morgan fingerprint density at radius 3 is 1.17 bits per heavy atom. The Kier molecular flexibility index (Phi) is 5.58. The van der Waals surface area contributed by atoms with Crippen molar-refractivity contribution in [3.05, 3.63) is 85.2 Å². The first-order chi connectivity index (χ1) is 22.7. The highest BCUT2D eigenvalue weighted by molar-refractivity contribution is 6.11. The lowest BCUT2D eigenvalue weighted by molar-refractivity contribution is 0.281. The fourth-order valence-electron chi connectivity index (χ4n) is 11.8. The van der Waals surface area contributed by atoms with Crippen molar-refractivity contribution in [1.29, 1.82) is 0 Å². The zero-order valence-corrected chi connectivity index (χ0v) is 26.6. The smallest absolute Gasteiger partial charge is 0.0970 e. The second-order valence-electron chi connectivity index (χ2n) is 15.8. The molecular formula is C42H42N4. The van der Waals surface area contributed by atoms with Crippen LogP contribution >= 0.6 is 0 Å². The van der Waals surface area contributed by atoms with Gasteiger partial charge in [0.2, 0.25) is 0 Å². The molecule has 4 bridgehead atoms. The maximum Gasteiger partial charge on any atom is 0.0970 e. The van der Waals surface area contributed by atoms with Crippen molar-refractivity contribution >= 4 is 33.2 Å². The second-order valence-corrected chi connectivity index (χ2v) is 15.8. The standard InChI is InChI=1S/C42H42N4/c1-2-28-19-27(1)37-21-45(22-38(28)37)31-9-5-25(6-10-31)33-15-17-43-41-35(33)13-14-36-34(16-18-44-42(36)41)26-7-11-32(12-8-26)46-23-39-29-3-4-30(20-29)40(39)24-46/h5-18,27-30,37-40H,1-4,19-24H2. The minimum Gasteiger partial charge on any atom is -0.371 e. The van der Waals surface area contributed by atoms with Crippen LogP contribution in [0, 0.1) is 47.3 Å². The fraction of sp³-hybridized carbons (Fsp3) is 0.429. The maximum absolute atomic E-state index is 4.90. The predicted octanol–water partition coefficient (Wildman–Crippen LogP) is 9.08. The van der Waals surface area contributed by atoms with E-state index in [0.29, 0.717) is 0 Å². The quantitative estimate of drug-likeness (QED) is 0.192. The van der Waals surface area contributed by atoms with E-state index in [4.69, 9.17) is 9.97 Å². The van der Waals surface area contributed by atoms with Crippen LogP contribution in [0.5, 0.6) is 0 Å². The fourth-order valence-corrected chi connectivity index (χ4v) is 11.8. The average Bonchev–Trinajstić information content (AvgIpc) is 3.96. The summed E-state index contributed by atoms with van der Waals surface area (Å²) in [7, 11) is 0. The number of hydrogen-bond donors (Lipinski definition) is 0. The van der Waals surface area contributed by atoms with Gasteiger partial charge in [0, 0.05) is 60.7 Å². The third-order valence-corrected chi connectivity index (χ3v) is 14.0. The zero-order chi connectivity index (χ0) is 29.9. The molecule has 0 amide bonds. The van der Waals surface area contributed by atoms with E-state index in [9.17, 15) is 0 Å². The van der Waals surface area contributed by atoms with E-state index in [-0.39, 0.29) is 0 Å². The van der Waals surface area contributed by atoms with Gasteiger partial charge in [0.05, 0.1) is 11.0 Å². The highest BCUT2D eigenvalue weighted by Crippen LogP contribution is 2.56. The molecule has 5 aromatic rings. The average molecular weight is 603 g/mol. The van der Waals surface area contributed by atoms with E-state index in [1.807, 2.05) is 12.4 Å². The molecule has 4 nitrogen and oxygen atoms in total. The van der Waals surface area contributed by atoms with Gasteiger partial charge in [-0.1, -0.05) is 36.4 Å². The summed E-state index contributed by atoms with van der Waals surface area (Å²) in [5.74, 6) is 7.73. The zero-order valence-electron chi connectivity index (χ0n) is 26.6. The molecule has 0 N–H and O–H groups in total. The first-order valence-electron chi connectivity index (χ1n) is 18.1. The van der Waals surface area contributed by atoms with Crippen molar-refractivity contribution < 1.29 is 0 Å². The number of anilines is 2. The molecular weight excluding hydrogens is 560 g/mol. The molecule has 46 heavy (non-hydrogen) atoms. The Morgan fingerprint density at radius 1 is 0.435 bits per heavy atom. The summed E-state index contributed by atoms with van der Waals surface area (Å²) in [6, 6.07) is 27.6. The van der Waals surface area contributed by atoms with Gasteiger partial charge >= 0.3 is 0 Å². The monoisotopic (exact) mass is 602 g/mol.